The Labute approximate surface area is 172 Å². The fraction of sp³-hybridized carbons (Fsp3) is 0.0909. The molecule has 1 aliphatic heterocycles. The van der Waals surface area contributed by atoms with E-state index in [0.717, 1.165) is 41.6 Å². The fourth-order valence-electron chi connectivity index (χ4n) is 3.20. The summed E-state index contributed by atoms with van der Waals surface area (Å²) in [5, 5.41) is 0. The van der Waals surface area contributed by atoms with Crippen molar-refractivity contribution in [1.29, 1.82) is 0 Å². The lowest BCUT2D eigenvalue weighted by Gasteiger charge is -2.33. The molecule has 8 heteroatoms. The SMILES string of the molecule is C=Cc1ccc(N2c3ccc(C(F)(F)F)cc3Sc3cc(C(F)(F)F)ccc32)cc1. The normalized spacial score (nSPS) is 13.6. The molecule has 1 aliphatic rings. The minimum Gasteiger partial charge on any atom is -0.308 e. The van der Waals surface area contributed by atoms with Crippen LogP contribution in [0.15, 0.2) is 77.0 Å². The Morgan fingerprint density at radius 1 is 0.700 bits per heavy atom. The highest BCUT2D eigenvalue weighted by Crippen LogP contribution is 2.53. The molecule has 0 spiro atoms. The van der Waals surface area contributed by atoms with Gasteiger partial charge in [-0.2, -0.15) is 26.3 Å². The lowest BCUT2D eigenvalue weighted by molar-refractivity contribution is -0.138. The van der Waals surface area contributed by atoms with Crippen molar-refractivity contribution in [3.05, 3.63) is 83.9 Å². The van der Waals surface area contributed by atoms with Gasteiger partial charge < -0.3 is 4.90 Å². The van der Waals surface area contributed by atoms with Crippen LogP contribution in [0.2, 0.25) is 0 Å². The van der Waals surface area contributed by atoms with E-state index in [1.165, 1.54) is 12.1 Å². The first kappa shape index (κ1) is 20.4. The van der Waals surface area contributed by atoms with E-state index in [2.05, 4.69) is 6.58 Å². The van der Waals surface area contributed by atoms with Crippen LogP contribution in [0.5, 0.6) is 0 Å². The van der Waals surface area contributed by atoms with Crippen molar-refractivity contribution in [2.24, 2.45) is 0 Å². The zero-order valence-corrected chi connectivity index (χ0v) is 16.0. The van der Waals surface area contributed by atoms with Crippen molar-refractivity contribution in [2.75, 3.05) is 4.90 Å². The molecule has 0 unspecified atom stereocenters. The second kappa shape index (κ2) is 7.12. The van der Waals surface area contributed by atoms with Crippen molar-refractivity contribution >= 4 is 34.9 Å². The molecule has 0 N–H and O–H groups in total. The third-order valence-electron chi connectivity index (χ3n) is 4.66. The lowest BCUT2D eigenvalue weighted by Crippen LogP contribution is -2.17. The quantitative estimate of drug-likeness (QED) is 0.290. The Morgan fingerprint density at radius 2 is 1.17 bits per heavy atom. The summed E-state index contributed by atoms with van der Waals surface area (Å²) in [6.45, 7) is 3.68. The van der Waals surface area contributed by atoms with Gasteiger partial charge in [-0.15, -0.1) is 0 Å². The lowest BCUT2D eigenvalue weighted by atomic mass is 10.1. The van der Waals surface area contributed by atoms with Gasteiger partial charge >= 0.3 is 12.4 Å². The van der Waals surface area contributed by atoms with Crippen LogP contribution in [0.1, 0.15) is 16.7 Å². The van der Waals surface area contributed by atoms with Gasteiger partial charge in [-0.25, -0.2) is 0 Å². The van der Waals surface area contributed by atoms with E-state index in [-0.39, 0.29) is 9.79 Å². The predicted octanol–water partition coefficient (Wildman–Crippen LogP) is 8.30. The largest absolute Gasteiger partial charge is 0.416 e. The maximum absolute atomic E-state index is 13.2. The minimum atomic E-state index is -4.56. The average molecular weight is 437 g/mol. The summed E-state index contributed by atoms with van der Waals surface area (Å²) in [5.74, 6) is 0. The van der Waals surface area contributed by atoms with Crippen LogP contribution in [0.25, 0.3) is 6.08 Å². The van der Waals surface area contributed by atoms with E-state index < -0.39 is 23.5 Å². The molecule has 0 aliphatic carbocycles. The summed E-state index contributed by atoms with van der Waals surface area (Å²) >= 11 is 0.891. The Hall–Kier alpha value is -2.87. The monoisotopic (exact) mass is 437 g/mol. The smallest absolute Gasteiger partial charge is 0.308 e. The van der Waals surface area contributed by atoms with Crippen molar-refractivity contribution in [3.8, 4) is 0 Å². The molecule has 154 valence electrons. The molecule has 0 fully saturated rings. The van der Waals surface area contributed by atoms with Crippen LogP contribution >= 0.6 is 11.8 Å². The van der Waals surface area contributed by atoms with Gasteiger partial charge in [-0.1, -0.05) is 36.5 Å². The molecule has 0 bridgehead atoms. The van der Waals surface area contributed by atoms with Crippen molar-refractivity contribution in [1.82, 2.24) is 0 Å². The predicted molar refractivity (Wildman–Crippen MR) is 105 cm³/mol. The van der Waals surface area contributed by atoms with Crippen LogP contribution < -0.4 is 4.90 Å². The van der Waals surface area contributed by atoms with Crippen LogP contribution in [-0.2, 0) is 12.4 Å². The van der Waals surface area contributed by atoms with Gasteiger partial charge in [0, 0.05) is 15.5 Å². The number of alkyl halides is 6. The van der Waals surface area contributed by atoms with Gasteiger partial charge in [-0.3, -0.25) is 0 Å². The first-order chi connectivity index (χ1) is 14.1. The molecule has 3 aromatic carbocycles. The van der Waals surface area contributed by atoms with Gasteiger partial charge in [0.1, 0.15) is 0 Å². The Balaban J connectivity index is 1.91. The highest BCUT2D eigenvalue weighted by molar-refractivity contribution is 7.99. The number of benzene rings is 3. The summed E-state index contributed by atoms with van der Waals surface area (Å²) in [7, 11) is 0. The second-order valence-electron chi connectivity index (χ2n) is 6.59. The molecule has 0 amide bonds. The van der Waals surface area contributed by atoms with E-state index in [4.69, 9.17) is 0 Å². The van der Waals surface area contributed by atoms with E-state index in [0.29, 0.717) is 17.1 Å². The summed E-state index contributed by atoms with van der Waals surface area (Å²) in [6, 6.07) is 13.6. The van der Waals surface area contributed by atoms with Crippen LogP contribution in [0.4, 0.5) is 43.4 Å². The Morgan fingerprint density at radius 3 is 1.57 bits per heavy atom. The molecular formula is C22H13F6NS. The second-order valence-corrected chi connectivity index (χ2v) is 7.68. The average Bonchev–Trinajstić information content (AvgIpc) is 2.70. The van der Waals surface area contributed by atoms with Crippen LogP contribution in [0.3, 0.4) is 0 Å². The summed E-state index contributed by atoms with van der Waals surface area (Å²) < 4.78 is 79.2. The summed E-state index contributed by atoms with van der Waals surface area (Å²) in [4.78, 5) is 2.11. The number of fused-ring (bicyclic) bond motifs is 2. The molecule has 1 nitrogen and oxygen atoms in total. The molecule has 30 heavy (non-hydrogen) atoms. The summed E-state index contributed by atoms with van der Waals surface area (Å²) in [6.07, 6.45) is -7.47. The zero-order valence-electron chi connectivity index (χ0n) is 15.2. The van der Waals surface area contributed by atoms with Crippen molar-refractivity contribution in [2.45, 2.75) is 22.1 Å². The molecule has 0 radical (unpaired) electrons. The maximum atomic E-state index is 13.2. The molecular weight excluding hydrogens is 424 g/mol. The molecule has 1 heterocycles. The topological polar surface area (TPSA) is 3.24 Å². The van der Waals surface area contributed by atoms with E-state index in [1.807, 2.05) is 0 Å². The first-order valence-corrected chi connectivity index (χ1v) is 9.52. The highest BCUT2D eigenvalue weighted by Gasteiger charge is 2.35. The van der Waals surface area contributed by atoms with Gasteiger partial charge in [-0.05, 0) is 54.1 Å². The third kappa shape index (κ3) is 3.67. The minimum absolute atomic E-state index is 0.226. The van der Waals surface area contributed by atoms with Gasteiger partial charge in [0.25, 0.3) is 0 Å². The standard InChI is InChI=1S/C22H13F6NS/c1-2-13-3-7-16(8-4-13)29-17-9-5-14(21(23,24)25)11-19(17)30-20-12-15(22(26,27)28)6-10-18(20)29/h2-12H,1H2. The number of halogens is 6. The number of hydrogen-bond donors (Lipinski definition) is 0. The van der Waals surface area contributed by atoms with E-state index >= 15 is 0 Å². The van der Waals surface area contributed by atoms with Crippen LogP contribution in [-0.4, -0.2) is 0 Å². The maximum Gasteiger partial charge on any atom is 0.416 e. The molecule has 0 aromatic heterocycles. The molecule has 0 atom stereocenters. The fourth-order valence-corrected chi connectivity index (χ4v) is 4.34. The molecule has 4 rings (SSSR count). The number of hydrogen-bond acceptors (Lipinski definition) is 2. The third-order valence-corrected chi connectivity index (χ3v) is 5.76. The number of anilines is 3. The Kier molecular flexibility index (Phi) is 4.85. The Bertz CT molecular complexity index is 1050. The van der Waals surface area contributed by atoms with E-state index in [1.54, 1.807) is 35.2 Å². The molecule has 3 aromatic rings. The number of nitrogens with zero attached hydrogens (tertiary/aromatic N) is 1. The zero-order chi connectivity index (χ0) is 21.7. The molecule has 0 saturated heterocycles. The van der Waals surface area contributed by atoms with Gasteiger partial charge in [0.2, 0.25) is 0 Å². The molecule has 0 saturated carbocycles. The van der Waals surface area contributed by atoms with Crippen molar-refractivity contribution in [3.63, 3.8) is 0 Å². The first-order valence-electron chi connectivity index (χ1n) is 8.71. The van der Waals surface area contributed by atoms with Gasteiger partial charge in [0.05, 0.1) is 22.5 Å². The number of rotatable bonds is 2. The highest BCUT2D eigenvalue weighted by atomic mass is 32.2. The van der Waals surface area contributed by atoms with Crippen LogP contribution in [0, 0.1) is 0 Å². The van der Waals surface area contributed by atoms with Gasteiger partial charge in [0.15, 0.2) is 0 Å². The van der Waals surface area contributed by atoms with Crippen molar-refractivity contribution < 1.29 is 26.3 Å². The summed E-state index contributed by atoms with van der Waals surface area (Å²) in [5.41, 5.74) is 0.670. The van der Waals surface area contributed by atoms with E-state index in [9.17, 15) is 26.3 Å².